The molecule has 0 saturated heterocycles. The number of nitrogens with zero attached hydrogens (tertiary/aromatic N) is 2. The normalized spacial score (nSPS) is 14.7. The Hall–Kier alpha value is -2.31. The van der Waals surface area contributed by atoms with Gasteiger partial charge in [0.2, 0.25) is 0 Å². The summed E-state index contributed by atoms with van der Waals surface area (Å²) in [6.07, 6.45) is 2.49. The summed E-state index contributed by atoms with van der Waals surface area (Å²) in [6.45, 7) is 0. The molecule has 1 heterocycles. The highest BCUT2D eigenvalue weighted by Gasteiger charge is 2.18. The average molecular weight is 253 g/mol. The van der Waals surface area contributed by atoms with Gasteiger partial charge >= 0.3 is 5.97 Å². The number of hydrogen-bond acceptors (Lipinski definition) is 4. The zero-order valence-electron chi connectivity index (χ0n) is 9.15. The summed E-state index contributed by atoms with van der Waals surface area (Å²) >= 11 is 0. The van der Waals surface area contributed by atoms with Crippen LogP contribution >= 0.6 is 0 Å². The van der Waals surface area contributed by atoms with Gasteiger partial charge in [0.05, 0.1) is 11.3 Å². The summed E-state index contributed by atoms with van der Waals surface area (Å²) in [5, 5.41) is 16.1. The van der Waals surface area contributed by atoms with E-state index in [4.69, 9.17) is 5.11 Å². The summed E-state index contributed by atoms with van der Waals surface area (Å²) in [6, 6.07) is 1.49. The number of halogens is 2. The Morgan fingerprint density at radius 2 is 2.11 bits per heavy atom. The van der Waals surface area contributed by atoms with Gasteiger partial charge in [0.25, 0.3) is 0 Å². The number of aromatic carboxylic acids is 1. The van der Waals surface area contributed by atoms with E-state index in [0.29, 0.717) is 24.6 Å². The van der Waals surface area contributed by atoms with E-state index in [-0.39, 0.29) is 5.56 Å². The maximum absolute atomic E-state index is 13.7. The molecule has 1 aromatic rings. The maximum atomic E-state index is 13.7. The van der Waals surface area contributed by atoms with Crippen LogP contribution in [0.4, 0.5) is 8.78 Å². The van der Waals surface area contributed by atoms with Gasteiger partial charge in [0, 0.05) is 11.8 Å². The SMILES string of the molecule is O=C(O)c1cc(F)c(C2=NNN=CCC2)cc1F. The first kappa shape index (κ1) is 12.2. The van der Waals surface area contributed by atoms with Gasteiger partial charge in [-0.1, -0.05) is 0 Å². The molecule has 7 heteroatoms. The zero-order valence-corrected chi connectivity index (χ0v) is 9.15. The number of carboxylic acids is 1. The van der Waals surface area contributed by atoms with Gasteiger partial charge in [-0.3, -0.25) is 0 Å². The van der Waals surface area contributed by atoms with Crippen LogP contribution in [-0.4, -0.2) is 23.0 Å². The fourth-order valence-electron chi connectivity index (χ4n) is 1.58. The Labute approximate surface area is 101 Å². The second-order valence-electron chi connectivity index (χ2n) is 3.63. The first-order valence-electron chi connectivity index (χ1n) is 5.15. The van der Waals surface area contributed by atoms with Crippen LogP contribution in [0.3, 0.4) is 0 Å². The van der Waals surface area contributed by atoms with Crippen molar-refractivity contribution in [3.8, 4) is 0 Å². The van der Waals surface area contributed by atoms with Gasteiger partial charge in [0.1, 0.15) is 11.6 Å². The van der Waals surface area contributed by atoms with E-state index in [1.54, 1.807) is 6.21 Å². The Morgan fingerprint density at radius 3 is 2.83 bits per heavy atom. The molecule has 0 atom stereocenters. The molecule has 0 radical (unpaired) electrons. The van der Waals surface area contributed by atoms with Gasteiger partial charge < -0.3 is 5.11 Å². The molecule has 2 N–H and O–H groups in total. The fraction of sp³-hybridized carbons (Fsp3) is 0.182. The van der Waals surface area contributed by atoms with E-state index in [1.165, 1.54) is 0 Å². The van der Waals surface area contributed by atoms with E-state index in [0.717, 1.165) is 6.07 Å². The molecule has 1 aliphatic rings. The van der Waals surface area contributed by atoms with Crippen LogP contribution in [0.1, 0.15) is 28.8 Å². The largest absolute Gasteiger partial charge is 0.478 e. The third-order valence-corrected chi connectivity index (χ3v) is 2.44. The first-order chi connectivity index (χ1) is 8.59. The third kappa shape index (κ3) is 2.34. The van der Waals surface area contributed by atoms with Crippen LogP contribution in [0.15, 0.2) is 22.3 Å². The molecule has 0 spiro atoms. The minimum Gasteiger partial charge on any atom is -0.478 e. The maximum Gasteiger partial charge on any atom is 0.338 e. The lowest BCUT2D eigenvalue weighted by Crippen LogP contribution is -2.10. The van der Waals surface area contributed by atoms with E-state index in [9.17, 15) is 13.6 Å². The third-order valence-electron chi connectivity index (χ3n) is 2.44. The van der Waals surface area contributed by atoms with E-state index < -0.39 is 23.2 Å². The zero-order chi connectivity index (χ0) is 13.1. The minimum absolute atomic E-state index is 0.0597. The summed E-state index contributed by atoms with van der Waals surface area (Å²) in [7, 11) is 0. The molecule has 0 fully saturated rings. The number of carbonyl (C=O) groups is 1. The van der Waals surface area contributed by atoms with Crippen molar-refractivity contribution in [2.24, 2.45) is 10.2 Å². The lowest BCUT2D eigenvalue weighted by atomic mass is 10.0. The van der Waals surface area contributed by atoms with Crippen LogP contribution < -0.4 is 5.53 Å². The van der Waals surface area contributed by atoms with Crippen molar-refractivity contribution < 1.29 is 18.7 Å². The summed E-state index contributed by atoms with van der Waals surface area (Å²) in [5.74, 6) is -3.33. The average Bonchev–Trinajstić information content (AvgIpc) is 2.60. The number of hydrazone groups is 2. The molecular formula is C11H9F2N3O2. The smallest absolute Gasteiger partial charge is 0.338 e. The van der Waals surface area contributed by atoms with Crippen molar-refractivity contribution in [1.29, 1.82) is 0 Å². The number of rotatable bonds is 2. The summed E-state index contributed by atoms with van der Waals surface area (Å²) < 4.78 is 27.2. The van der Waals surface area contributed by atoms with Crippen LogP contribution in [-0.2, 0) is 0 Å². The monoisotopic (exact) mass is 253 g/mol. The standard InChI is InChI=1S/C11H9F2N3O2/c12-8-5-7(11(17)18)9(13)4-6(8)10-2-1-3-14-16-15-10/h3-5,16H,1-2H2,(H,17,18). The first-order valence-corrected chi connectivity index (χ1v) is 5.15. The van der Waals surface area contributed by atoms with Crippen LogP contribution in [0.2, 0.25) is 0 Å². The minimum atomic E-state index is -1.51. The van der Waals surface area contributed by atoms with Gasteiger partial charge in [0.15, 0.2) is 0 Å². The molecule has 94 valence electrons. The van der Waals surface area contributed by atoms with Gasteiger partial charge in [-0.15, -0.1) is 0 Å². The van der Waals surface area contributed by atoms with Gasteiger partial charge in [-0.2, -0.15) is 15.7 Å². The second-order valence-corrected chi connectivity index (χ2v) is 3.63. The predicted octanol–water partition coefficient (Wildman–Crippen LogP) is 1.74. The van der Waals surface area contributed by atoms with E-state index in [1.807, 2.05) is 0 Å². The van der Waals surface area contributed by atoms with E-state index in [2.05, 4.69) is 15.7 Å². The van der Waals surface area contributed by atoms with Gasteiger partial charge in [-0.05, 0) is 25.0 Å². The molecule has 1 aliphatic heterocycles. The molecule has 18 heavy (non-hydrogen) atoms. The fourth-order valence-corrected chi connectivity index (χ4v) is 1.58. The number of hydrogen-bond donors (Lipinski definition) is 2. The van der Waals surface area contributed by atoms with Crippen LogP contribution in [0.25, 0.3) is 0 Å². The van der Waals surface area contributed by atoms with Gasteiger partial charge in [-0.25, -0.2) is 13.6 Å². The van der Waals surface area contributed by atoms with Crippen LogP contribution in [0.5, 0.6) is 0 Å². The van der Waals surface area contributed by atoms with Crippen molar-refractivity contribution in [3.05, 3.63) is 34.9 Å². The molecule has 0 unspecified atom stereocenters. The summed E-state index contributed by atoms with van der Waals surface area (Å²) in [4.78, 5) is 10.6. The van der Waals surface area contributed by atoms with Crippen molar-refractivity contribution in [1.82, 2.24) is 5.53 Å². The van der Waals surface area contributed by atoms with Crippen molar-refractivity contribution in [2.45, 2.75) is 12.8 Å². The second kappa shape index (κ2) is 4.91. The van der Waals surface area contributed by atoms with Crippen molar-refractivity contribution >= 4 is 17.9 Å². The van der Waals surface area contributed by atoms with Crippen molar-refractivity contribution in [3.63, 3.8) is 0 Å². The molecule has 0 aromatic heterocycles. The molecule has 5 nitrogen and oxygen atoms in total. The Morgan fingerprint density at radius 1 is 1.33 bits per heavy atom. The number of nitrogens with one attached hydrogen (secondary N) is 1. The molecule has 0 aliphatic carbocycles. The molecule has 0 amide bonds. The van der Waals surface area contributed by atoms with Crippen molar-refractivity contribution in [2.75, 3.05) is 0 Å². The lowest BCUT2D eigenvalue weighted by Gasteiger charge is -2.07. The highest BCUT2D eigenvalue weighted by Crippen LogP contribution is 2.18. The predicted molar refractivity (Wildman–Crippen MR) is 60.7 cm³/mol. The Balaban J connectivity index is 2.43. The molecule has 1 aromatic carbocycles. The van der Waals surface area contributed by atoms with E-state index >= 15 is 0 Å². The number of benzene rings is 1. The highest BCUT2D eigenvalue weighted by atomic mass is 19.1. The number of carboxylic acid groups (broad SMARTS) is 1. The highest BCUT2D eigenvalue weighted by molar-refractivity contribution is 6.02. The molecular weight excluding hydrogens is 244 g/mol. The quantitative estimate of drug-likeness (QED) is 0.843. The lowest BCUT2D eigenvalue weighted by molar-refractivity contribution is 0.0691. The Bertz CT molecular complexity index is 555. The molecule has 0 bridgehead atoms. The topological polar surface area (TPSA) is 74.0 Å². The molecule has 2 rings (SSSR count). The molecule has 0 saturated carbocycles. The van der Waals surface area contributed by atoms with Crippen LogP contribution in [0, 0.1) is 11.6 Å². The Kier molecular flexibility index (Phi) is 3.31. The summed E-state index contributed by atoms with van der Waals surface area (Å²) in [5.41, 5.74) is 1.87.